The summed E-state index contributed by atoms with van der Waals surface area (Å²) in [5.74, 6) is 0. The van der Waals surface area contributed by atoms with Gasteiger partial charge >= 0.3 is 118 Å². The van der Waals surface area contributed by atoms with E-state index in [9.17, 15) is 18.6 Å². The van der Waals surface area contributed by atoms with Crippen LogP contribution in [-0.4, -0.2) is 25.0 Å². The van der Waals surface area contributed by atoms with Crippen LogP contribution in [0.15, 0.2) is 0 Å². The third kappa shape index (κ3) is 20.0. The van der Waals surface area contributed by atoms with Crippen molar-refractivity contribution in [1.82, 2.24) is 0 Å². The van der Waals surface area contributed by atoms with Crippen molar-refractivity contribution in [3.63, 3.8) is 0 Å². The summed E-state index contributed by atoms with van der Waals surface area (Å²) in [4.78, 5) is 41.9. The maximum atomic E-state index is 10.3. The molecule has 0 aliphatic heterocycles. The summed E-state index contributed by atoms with van der Waals surface area (Å²) in [6.07, 6.45) is 0. The summed E-state index contributed by atoms with van der Waals surface area (Å²) < 4.78 is 36.1. The van der Waals surface area contributed by atoms with Crippen molar-refractivity contribution in [2.75, 3.05) is 0 Å². The second-order valence-corrected chi connectivity index (χ2v) is 5.75. The topological polar surface area (TPSA) is 204 Å². The van der Waals surface area contributed by atoms with Crippen molar-refractivity contribution in [3.05, 3.63) is 0 Å². The number of rotatable bonds is 4. The molecule has 2 atom stereocenters. The van der Waals surface area contributed by atoms with Crippen LogP contribution in [0.2, 0.25) is 0 Å². The molecule has 0 aliphatic rings. The molecule has 0 amide bonds. The standard InChI is InChI=1S/2K.H5O10P3.H2O/c;;1-11(2,3)9-13(7,8)10-12(4,5)6;/h;;(H,7,8)(H2,1,2,3)(H2,4,5,6);1H2/q2*+1;;/p-2. The summed E-state index contributed by atoms with van der Waals surface area (Å²) >= 11 is 0. The predicted octanol–water partition coefficient (Wildman–Crippen LogP) is -7.50. The van der Waals surface area contributed by atoms with Crippen LogP contribution in [0.25, 0.3) is 0 Å². The summed E-state index contributed by atoms with van der Waals surface area (Å²) in [5, 5.41) is 0. The second-order valence-electron chi connectivity index (χ2n) is 1.59. The molecule has 0 heterocycles. The molecule has 0 saturated heterocycles. The molecular formula is H5K2O11P3. The minimum absolute atomic E-state index is 0. The Balaban J connectivity index is -0.000000240. The summed E-state index contributed by atoms with van der Waals surface area (Å²) in [6.45, 7) is 0. The van der Waals surface area contributed by atoms with Crippen LogP contribution in [0.1, 0.15) is 0 Å². The Morgan fingerprint density at radius 1 is 0.875 bits per heavy atom. The second kappa shape index (κ2) is 10.4. The van der Waals surface area contributed by atoms with Gasteiger partial charge in [0.2, 0.25) is 0 Å². The Bertz CT molecular complexity index is 281. The molecule has 0 saturated carbocycles. The number of phosphoric acid groups is 3. The van der Waals surface area contributed by atoms with Gasteiger partial charge in [-0.25, -0.2) is 13.4 Å². The minimum atomic E-state index is -5.60. The van der Waals surface area contributed by atoms with Gasteiger partial charge in [-0.05, 0) is 0 Å². The predicted molar refractivity (Wildman–Crippen MR) is 35.8 cm³/mol. The fourth-order valence-electron chi connectivity index (χ4n) is 0.280. The minimum Gasteiger partial charge on any atom is -0.870 e. The van der Waals surface area contributed by atoms with Crippen molar-refractivity contribution in [2.24, 2.45) is 0 Å². The molecule has 0 aliphatic carbocycles. The molecule has 5 N–H and O–H groups in total. The molecule has 2 unspecified atom stereocenters. The molecule has 16 heteroatoms. The Kier molecular flexibility index (Phi) is 18.1. The van der Waals surface area contributed by atoms with Crippen LogP contribution < -0.4 is 108 Å². The SMILES string of the molecule is O=P([O-])(O)OP(=O)(O)OP(=O)(O)O.[K+].[K+].[OH-]. The summed E-state index contributed by atoms with van der Waals surface area (Å²) in [7, 11) is -16.5. The fraction of sp³-hybridized carbons (Fsp3) is 0. The van der Waals surface area contributed by atoms with E-state index in [1.54, 1.807) is 0 Å². The van der Waals surface area contributed by atoms with E-state index in [2.05, 4.69) is 8.62 Å². The first-order valence-electron chi connectivity index (χ1n) is 2.26. The van der Waals surface area contributed by atoms with E-state index in [-0.39, 0.29) is 108 Å². The normalized spacial score (nSPS) is 17.8. The third-order valence-corrected chi connectivity index (χ3v) is 3.74. The number of hydrogen-bond donors (Lipinski definition) is 4. The van der Waals surface area contributed by atoms with E-state index in [0.29, 0.717) is 0 Å². The quantitative estimate of drug-likeness (QED) is 0.276. The molecule has 0 aromatic carbocycles. The molecule has 0 aromatic heterocycles. The van der Waals surface area contributed by atoms with Crippen molar-refractivity contribution in [1.29, 1.82) is 0 Å². The van der Waals surface area contributed by atoms with Gasteiger partial charge in [0.05, 0.1) is 0 Å². The van der Waals surface area contributed by atoms with Crippen LogP contribution in [0, 0.1) is 0 Å². The largest absolute Gasteiger partial charge is 1.00 e. The Labute approximate surface area is 175 Å². The van der Waals surface area contributed by atoms with E-state index in [1.807, 2.05) is 0 Å². The van der Waals surface area contributed by atoms with Gasteiger partial charge in [0.15, 0.2) is 0 Å². The van der Waals surface area contributed by atoms with Crippen LogP contribution in [-0.2, 0) is 22.3 Å². The number of hydrogen-bond acceptors (Lipinski definition) is 7. The van der Waals surface area contributed by atoms with Gasteiger partial charge in [-0.1, -0.05) is 0 Å². The molecule has 11 nitrogen and oxygen atoms in total. The average Bonchev–Trinajstić information content (AvgIpc) is 1.43. The zero-order chi connectivity index (χ0) is 10.9. The molecule has 0 rings (SSSR count). The maximum absolute atomic E-state index is 10.3. The maximum Gasteiger partial charge on any atom is 1.00 e. The van der Waals surface area contributed by atoms with Crippen LogP contribution >= 0.6 is 23.5 Å². The van der Waals surface area contributed by atoms with Crippen LogP contribution in [0.4, 0.5) is 0 Å². The first kappa shape index (κ1) is 27.9. The van der Waals surface area contributed by atoms with E-state index >= 15 is 0 Å². The van der Waals surface area contributed by atoms with E-state index in [1.165, 1.54) is 0 Å². The zero-order valence-electron chi connectivity index (χ0n) is 8.03. The smallest absolute Gasteiger partial charge is 0.870 e. The molecule has 0 spiro atoms. The van der Waals surface area contributed by atoms with Gasteiger partial charge < -0.3 is 29.9 Å². The average molecular weight is 352 g/mol. The van der Waals surface area contributed by atoms with Crippen LogP contribution in [0.3, 0.4) is 0 Å². The van der Waals surface area contributed by atoms with E-state index in [0.717, 1.165) is 0 Å². The third-order valence-electron chi connectivity index (χ3n) is 0.416. The van der Waals surface area contributed by atoms with Gasteiger partial charge in [0.1, 0.15) is 0 Å². The van der Waals surface area contributed by atoms with Gasteiger partial charge in [-0.2, -0.15) is 4.31 Å². The van der Waals surface area contributed by atoms with Gasteiger partial charge in [-0.3, -0.25) is 4.57 Å². The van der Waals surface area contributed by atoms with Crippen LogP contribution in [0.5, 0.6) is 0 Å². The molecule has 0 bridgehead atoms. The Hall–Kier alpha value is 3.64. The van der Waals surface area contributed by atoms with Crippen molar-refractivity contribution in [3.8, 4) is 0 Å². The fourth-order valence-corrected chi connectivity index (χ4v) is 2.79. The Morgan fingerprint density at radius 2 is 1.19 bits per heavy atom. The van der Waals surface area contributed by atoms with Crippen molar-refractivity contribution < 1.29 is 155 Å². The molecular weight excluding hydrogens is 347 g/mol. The summed E-state index contributed by atoms with van der Waals surface area (Å²) in [6, 6.07) is 0. The molecule has 16 heavy (non-hydrogen) atoms. The molecule has 88 valence electrons. The first-order valence-corrected chi connectivity index (χ1v) is 6.78. The van der Waals surface area contributed by atoms with Crippen molar-refractivity contribution in [2.45, 2.75) is 0 Å². The molecule has 0 radical (unpaired) electrons. The first-order chi connectivity index (χ1) is 5.41. The Morgan fingerprint density at radius 3 is 1.38 bits per heavy atom. The van der Waals surface area contributed by atoms with E-state index < -0.39 is 23.5 Å². The van der Waals surface area contributed by atoms with Gasteiger partial charge in [0.25, 0.3) is 7.82 Å². The monoisotopic (exact) mass is 352 g/mol. The summed E-state index contributed by atoms with van der Waals surface area (Å²) in [5.41, 5.74) is 0. The molecule has 0 fully saturated rings. The zero-order valence-corrected chi connectivity index (χ0v) is 17.0. The van der Waals surface area contributed by atoms with Crippen molar-refractivity contribution >= 4 is 23.5 Å². The van der Waals surface area contributed by atoms with E-state index in [4.69, 9.17) is 19.6 Å². The molecule has 0 aromatic rings. The van der Waals surface area contributed by atoms with Gasteiger partial charge in [-0.15, -0.1) is 0 Å². The van der Waals surface area contributed by atoms with Gasteiger partial charge in [0, 0.05) is 0 Å².